The molecule has 0 radical (unpaired) electrons. The first-order valence-corrected chi connectivity index (χ1v) is 7.34. The third-order valence-corrected chi connectivity index (χ3v) is 3.22. The van der Waals surface area contributed by atoms with Crippen molar-refractivity contribution in [1.29, 1.82) is 0 Å². The fourth-order valence-electron chi connectivity index (χ4n) is 1.98. The van der Waals surface area contributed by atoms with E-state index < -0.39 is 0 Å². The van der Waals surface area contributed by atoms with Gasteiger partial charge in [0.1, 0.15) is 6.79 Å². The van der Waals surface area contributed by atoms with Crippen LogP contribution in [0.5, 0.6) is 0 Å². The maximum absolute atomic E-state index is 11.8. The summed E-state index contributed by atoms with van der Waals surface area (Å²) in [6.07, 6.45) is 9.20. The number of nitrogens with one attached hydrogen (secondary N) is 1. The van der Waals surface area contributed by atoms with Crippen LogP contribution < -0.4 is 5.32 Å². The Labute approximate surface area is 122 Å². The van der Waals surface area contributed by atoms with E-state index in [1.54, 1.807) is 6.08 Å². The molecule has 1 amide bonds. The zero-order valence-electron chi connectivity index (χ0n) is 12.9. The van der Waals surface area contributed by atoms with Gasteiger partial charge in [-0.2, -0.15) is 0 Å². The van der Waals surface area contributed by atoms with Crippen molar-refractivity contribution >= 4 is 5.91 Å². The second-order valence-corrected chi connectivity index (χ2v) is 5.78. The first kappa shape index (κ1) is 16.9. The normalized spacial score (nSPS) is 19.2. The molecule has 0 unspecified atom stereocenters. The topological polar surface area (TPSA) is 47.6 Å². The van der Waals surface area contributed by atoms with Gasteiger partial charge in [0.15, 0.2) is 0 Å². The molecule has 1 aliphatic heterocycles. The molecule has 4 nitrogen and oxygen atoms in total. The maximum Gasteiger partial charge on any atom is 0.244 e. The van der Waals surface area contributed by atoms with Gasteiger partial charge >= 0.3 is 0 Å². The van der Waals surface area contributed by atoms with Gasteiger partial charge in [0.25, 0.3) is 0 Å². The van der Waals surface area contributed by atoms with Gasteiger partial charge in [0.05, 0.1) is 13.2 Å². The van der Waals surface area contributed by atoms with E-state index in [9.17, 15) is 4.79 Å². The lowest BCUT2D eigenvalue weighted by molar-refractivity contribution is -0.158. The van der Waals surface area contributed by atoms with Crippen LogP contribution in [0.2, 0.25) is 0 Å². The highest BCUT2D eigenvalue weighted by Gasteiger charge is 2.28. The molecule has 1 aliphatic rings. The van der Waals surface area contributed by atoms with E-state index in [0.29, 0.717) is 26.6 Å². The van der Waals surface area contributed by atoms with Crippen molar-refractivity contribution in [1.82, 2.24) is 5.32 Å². The summed E-state index contributed by atoms with van der Waals surface area (Å²) in [5.74, 6) is -0.0607. The minimum absolute atomic E-state index is 0.0607. The van der Waals surface area contributed by atoms with E-state index in [0.717, 1.165) is 12.0 Å². The Morgan fingerprint density at radius 1 is 1.35 bits per heavy atom. The molecule has 0 aromatic carbocycles. The molecule has 1 saturated heterocycles. The Morgan fingerprint density at radius 2 is 2.05 bits per heavy atom. The molecule has 1 N–H and O–H groups in total. The van der Waals surface area contributed by atoms with Gasteiger partial charge in [-0.3, -0.25) is 4.79 Å². The van der Waals surface area contributed by atoms with Gasteiger partial charge in [-0.15, -0.1) is 0 Å². The van der Waals surface area contributed by atoms with E-state index in [-0.39, 0.29) is 11.3 Å². The standard InChI is InChI=1S/C16H27NO3/c1-4-5-6-7-8-14(2)9-15(18)17-10-16(3)11-19-13-20-12-16/h7-9H,4-6,10-13H2,1-3H3,(H,17,18)/b8-7+,14-9+. The van der Waals surface area contributed by atoms with E-state index in [4.69, 9.17) is 9.47 Å². The molecule has 20 heavy (non-hydrogen) atoms. The molecule has 4 heteroatoms. The SMILES string of the molecule is CCCC/C=C/C(C)=C/C(=O)NCC1(C)COCOC1. The summed E-state index contributed by atoms with van der Waals surface area (Å²) in [7, 11) is 0. The Bertz CT molecular complexity index is 355. The van der Waals surface area contributed by atoms with Crippen LogP contribution in [0.3, 0.4) is 0 Å². The number of rotatable bonds is 7. The third kappa shape index (κ3) is 6.87. The Hall–Kier alpha value is -1.13. The van der Waals surface area contributed by atoms with Crippen molar-refractivity contribution in [2.75, 3.05) is 26.6 Å². The molecule has 0 spiro atoms. The molecule has 0 aliphatic carbocycles. The lowest BCUT2D eigenvalue weighted by Crippen LogP contribution is -2.44. The molecule has 0 saturated carbocycles. The van der Waals surface area contributed by atoms with Crippen LogP contribution in [0.1, 0.15) is 40.0 Å². The Morgan fingerprint density at radius 3 is 2.70 bits per heavy atom. The van der Waals surface area contributed by atoms with Gasteiger partial charge in [-0.05, 0) is 18.9 Å². The molecule has 0 aromatic rings. The van der Waals surface area contributed by atoms with Crippen LogP contribution in [0, 0.1) is 5.41 Å². The molecule has 1 rings (SSSR count). The third-order valence-electron chi connectivity index (χ3n) is 3.22. The molecule has 0 atom stereocenters. The maximum atomic E-state index is 11.8. The second kappa shape index (κ2) is 8.93. The predicted molar refractivity (Wildman–Crippen MR) is 80.3 cm³/mol. The van der Waals surface area contributed by atoms with Crippen LogP contribution in [0.4, 0.5) is 0 Å². The number of unbranched alkanes of at least 4 members (excludes halogenated alkanes) is 2. The molecule has 0 bridgehead atoms. The first-order valence-electron chi connectivity index (χ1n) is 7.34. The van der Waals surface area contributed by atoms with E-state index in [1.807, 2.05) is 19.9 Å². The van der Waals surface area contributed by atoms with E-state index >= 15 is 0 Å². The summed E-state index contributed by atoms with van der Waals surface area (Å²) in [5.41, 5.74) is 0.840. The monoisotopic (exact) mass is 281 g/mol. The molecular weight excluding hydrogens is 254 g/mol. The summed E-state index contributed by atoms with van der Waals surface area (Å²) in [6.45, 7) is 8.31. The molecule has 1 fully saturated rings. The number of allylic oxidation sites excluding steroid dienone is 3. The van der Waals surface area contributed by atoms with E-state index in [1.165, 1.54) is 12.8 Å². The lowest BCUT2D eigenvalue weighted by Gasteiger charge is -2.32. The minimum Gasteiger partial charge on any atom is -0.355 e. The van der Waals surface area contributed by atoms with Crippen LogP contribution in [0.15, 0.2) is 23.8 Å². The summed E-state index contributed by atoms with van der Waals surface area (Å²) >= 11 is 0. The second-order valence-electron chi connectivity index (χ2n) is 5.78. The average Bonchev–Trinajstić information content (AvgIpc) is 2.42. The van der Waals surface area contributed by atoms with Gasteiger partial charge in [0.2, 0.25) is 5.91 Å². The average molecular weight is 281 g/mol. The van der Waals surface area contributed by atoms with Gasteiger partial charge in [-0.1, -0.05) is 38.8 Å². The number of amides is 1. The first-order chi connectivity index (χ1) is 9.56. The van der Waals surface area contributed by atoms with E-state index in [2.05, 4.69) is 18.3 Å². The lowest BCUT2D eigenvalue weighted by atomic mass is 9.92. The fraction of sp³-hybridized carbons (Fsp3) is 0.688. The molecular formula is C16H27NO3. The smallest absolute Gasteiger partial charge is 0.244 e. The van der Waals surface area contributed by atoms with Gasteiger partial charge < -0.3 is 14.8 Å². The summed E-state index contributed by atoms with van der Waals surface area (Å²) in [5, 5.41) is 2.92. The van der Waals surface area contributed by atoms with Gasteiger partial charge in [0, 0.05) is 18.0 Å². The van der Waals surface area contributed by atoms with Gasteiger partial charge in [-0.25, -0.2) is 0 Å². The Balaban J connectivity index is 2.32. The number of hydrogen-bond acceptors (Lipinski definition) is 3. The largest absolute Gasteiger partial charge is 0.355 e. The number of carbonyl (C=O) groups excluding carboxylic acids is 1. The Kier molecular flexibility index (Phi) is 7.55. The summed E-state index contributed by atoms with van der Waals surface area (Å²) in [4.78, 5) is 11.8. The van der Waals surface area contributed by atoms with Crippen molar-refractivity contribution < 1.29 is 14.3 Å². The number of ether oxygens (including phenoxy) is 2. The quantitative estimate of drug-likeness (QED) is 0.443. The number of carbonyl (C=O) groups is 1. The molecule has 0 aromatic heterocycles. The van der Waals surface area contributed by atoms with Crippen LogP contribution in [-0.2, 0) is 14.3 Å². The highest BCUT2D eigenvalue weighted by atomic mass is 16.7. The fourth-order valence-corrected chi connectivity index (χ4v) is 1.98. The van der Waals surface area contributed by atoms with Crippen LogP contribution in [0.25, 0.3) is 0 Å². The van der Waals surface area contributed by atoms with Crippen molar-refractivity contribution in [2.24, 2.45) is 5.41 Å². The molecule has 114 valence electrons. The minimum atomic E-state index is -0.132. The van der Waals surface area contributed by atoms with Crippen molar-refractivity contribution in [3.05, 3.63) is 23.8 Å². The van der Waals surface area contributed by atoms with Crippen molar-refractivity contribution in [2.45, 2.75) is 40.0 Å². The number of hydrogen-bond donors (Lipinski definition) is 1. The zero-order valence-corrected chi connectivity index (χ0v) is 12.9. The summed E-state index contributed by atoms with van der Waals surface area (Å²) < 4.78 is 10.5. The highest BCUT2D eigenvalue weighted by molar-refractivity contribution is 5.88. The zero-order chi connectivity index (χ0) is 14.8. The highest BCUT2D eigenvalue weighted by Crippen LogP contribution is 2.19. The van der Waals surface area contributed by atoms with Crippen molar-refractivity contribution in [3.63, 3.8) is 0 Å². The van der Waals surface area contributed by atoms with Crippen LogP contribution >= 0.6 is 0 Å². The predicted octanol–water partition coefficient (Wildman–Crippen LogP) is 2.81. The van der Waals surface area contributed by atoms with Crippen molar-refractivity contribution in [3.8, 4) is 0 Å². The molecule has 1 heterocycles. The summed E-state index contributed by atoms with van der Waals surface area (Å²) in [6, 6.07) is 0. The van der Waals surface area contributed by atoms with Crippen LogP contribution in [-0.4, -0.2) is 32.5 Å².